The number of unbranched alkanes of at least 4 members (excludes halogenated alkanes) is 37. The number of hydrogen-bond donors (Lipinski definition) is 3. The first-order chi connectivity index (χ1) is 32.5. The summed E-state index contributed by atoms with van der Waals surface area (Å²) in [5.74, 6) is -0.0477. The summed E-state index contributed by atoms with van der Waals surface area (Å²) >= 11 is 0. The van der Waals surface area contributed by atoms with Crippen molar-refractivity contribution in [1.29, 1.82) is 0 Å². The van der Waals surface area contributed by atoms with E-state index >= 15 is 0 Å². The summed E-state index contributed by atoms with van der Waals surface area (Å²) in [6.07, 6.45) is 68.5. The summed E-state index contributed by atoms with van der Waals surface area (Å²) in [5, 5.41) is 23.2. The zero-order valence-electron chi connectivity index (χ0n) is 44.2. The molecule has 0 aromatic heterocycles. The second-order valence-electron chi connectivity index (χ2n) is 20.0. The lowest BCUT2D eigenvalue weighted by Crippen LogP contribution is -2.45. The maximum Gasteiger partial charge on any atom is 0.305 e. The number of carbonyl (C=O) groups is 2. The third-order valence-corrected chi connectivity index (χ3v) is 13.4. The molecule has 0 aromatic rings. The molecule has 0 bridgehead atoms. The summed E-state index contributed by atoms with van der Waals surface area (Å²) in [6.45, 7) is 4.93. The first-order valence-electron chi connectivity index (χ1n) is 29.2. The minimum atomic E-state index is -0.670. The van der Waals surface area contributed by atoms with E-state index in [1.54, 1.807) is 0 Å². The minimum absolute atomic E-state index is 0.00174. The number of allylic oxidation sites excluding steroid dienone is 6. The van der Waals surface area contributed by atoms with Crippen LogP contribution in [0.1, 0.15) is 309 Å². The zero-order chi connectivity index (χ0) is 47.9. The molecule has 0 radical (unpaired) electrons. The van der Waals surface area contributed by atoms with Gasteiger partial charge in [0.1, 0.15) is 0 Å². The topological polar surface area (TPSA) is 95.9 Å². The molecule has 0 spiro atoms. The van der Waals surface area contributed by atoms with Gasteiger partial charge in [-0.15, -0.1) is 0 Å². The molecular weight excluding hydrogens is 815 g/mol. The summed E-state index contributed by atoms with van der Waals surface area (Å²) in [5.41, 5.74) is 0. The molecule has 0 saturated carbocycles. The number of aliphatic hydroxyl groups is 2. The number of hydrogen-bond acceptors (Lipinski definition) is 5. The van der Waals surface area contributed by atoms with Crippen molar-refractivity contribution in [3.63, 3.8) is 0 Å². The van der Waals surface area contributed by atoms with E-state index in [4.69, 9.17) is 4.74 Å². The molecule has 0 aromatic carbocycles. The summed E-state index contributed by atoms with van der Waals surface area (Å²) in [6, 6.07) is -0.548. The Kier molecular flexibility index (Phi) is 54.1. The van der Waals surface area contributed by atoms with Crippen molar-refractivity contribution >= 4 is 11.9 Å². The Balaban J connectivity index is 3.44. The fourth-order valence-corrected chi connectivity index (χ4v) is 8.90. The number of ether oxygens (including phenoxy) is 1. The largest absolute Gasteiger partial charge is 0.466 e. The minimum Gasteiger partial charge on any atom is -0.466 e. The molecule has 66 heavy (non-hydrogen) atoms. The Morgan fingerprint density at radius 3 is 1.17 bits per heavy atom. The predicted octanol–water partition coefficient (Wildman–Crippen LogP) is 18.0. The van der Waals surface area contributed by atoms with Crippen molar-refractivity contribution in [3.05, 3.63) is 36.5 Å². The van der Waals surface area contributed by atoms with Crippen LogP contribution in [-0.2, 0) is 14.3 Å². The molecule has 0 aliphatic carbocycles. The van der Waals surface area contributed by atoms with Gasteiger partial charge in [0.25, 0.3) is 0 Å². The van der Waals surface area contributed by atoms with Gasteiger partial charge in [0, 0.05) is 12.8 Å². The quantitative estimate of drug-likeness (QED) is 0.0321. The van der Waals surface area contributed by atoms with Crippen LogP contribution in [0.2, 0.25) is 0 Å². The molecular formula is C60H113NO5. The fourth-order valence-electron chi connectivity index (χ4n) is 8.90. The predicted molar refractivity (Wildman–Crippen MR) is 287 cm³/mol. The van der Waals surface area contributed by atoms with E-state index in [0.29, 0.717) is 25.9 Å². The first-order valence-corrected chi connectivity index (χ1v) is 29.2. The molecule has 0 aliphatic heterocycles. The molecule has 1 amide bonds. The van der Waals surface area contributed by atoms with E-state index in [9.17, 15) is 19.8 Å². The van der Waals surface area contributed by atoms with Crippen molar-refractivity contribution in [3.8, 4) is 0 Å². The molecule has 0 saturated heterocycles. The molecule has 388 valence electrons. The average Bonchev–Trinajstić information content (AvgIpc) is 3.32. The normalized spacial score (nSPS) is 12.8. The number of esters is 1. The van der Waals surface area contributed by atoms with E-state index in [-0.39, 0.29) is 18.5 Å². The van der Waals surface area contributed by atoms with E-state index in [1.807, 2.05) is 0 Å². The molecule has 0 aliphatic rings. The molecule has 3 N–H and O–H groups in total. The van der Waals surface area contributed by atoms with Gasteiger partial charge < -0.3 is 20.3 Å². The number of aliphatic hydroxyl groups excluding tert-OH is 2. The van der Waals surface area contributed by atoms with Crippen LogP contribution >= 0.6 is 0 Å². The lowest BCUT2D eigenvalue weighted by molar-refractivity contribution is -0.143. The number of amides is 1. The Hall–Kier alpha value is -1.92. The van der Waals surface area contributed by atoms with Gasteiger partial charge in [-0.1, -0.05) is 249 Å². The Morgan fingerprint density at radius 1 is 0.424 bits per heavy atom. The smallest absolute Gasteiger partial charge is 0.305 e. The molecule has 0 heterocycles. The van der Waals surface area contributed by atoms with Gasteiger partial charge in [-0.2, -0.15) is 0 Å². The SMILES string of the molecule is CCCCCCC/C=C\CCCCCCCC(=O)OCCCCCCCCCCC/C=C\C/C=C\CCCCCCCCCC(=O)NC(CO)C(O)CCCCCCCCCCCCCC. The van der Waals surface area contributed by atoms with Gasteiger partial charge in [0.15, 0.2) is 0 Å². The lowest BCUT2D eigenvalue weighted by atomic mass is 10.0. The van der Waals surface area contributed by atoms with Crippen LogP contribution in [0.3, 0.4) is 0 Å². The van der Waals surface area contributed by atoms with Crippen LogP contribution < -0.4 is 5.32 Å². The molecule has 0 fully saturated rings. The van der Waals surface area contributed by atoms with Gasteiger partial charge >= 0.3 is 5.97 Å². The number of rotatable bonds is 54. The number of nitrogens with one attached hydrogen (secondary N) is 1. The highest BCUT2D eigenvalue weighted by molar-refractivity contribution is 5.76. The van der Waals surface area contributed by atoms with Crippen molar-refractivity contribution in [2.75, 3.05) is 13.2 Å². The standard InChI is InChI=1S/C60H113NO5/c1-3-5-7-9-11-13-15-17-30-34-38-42-46-50-54-60(65)66-55-51-47-43-39-35-31-28-26-24-22-20-18-19-21-23-25-27-29-33-37-41-45-49-53-59(64)61-57(56-62)58(63)52-48-44-40-36-32-16-14-12-10-8-6-4-2/h15,17-18,20-21,23,57-58,62-63H,3-14,16,19,22,24-56H2,1-2H3,(H,61,64)/b17-15-,20-18-,23-21-. The first kappa shape index (κ1) is 64.1. The highest BCUT2D eigenvalue weighted by Crippen LogP contribution is 2.16. The van der Waals surface area contributed by atoms with E-state index < -0.39 is 12.1 Å². The molecule has 2 atom stereocenters. The van der Waals surface area contributed by atoms with Crippen molar-refractivity contribution in [2.24, 2.45) is 0 Å². The molecule has 0 rings (SSSR count). The van der Waals surface area contributed by atoms with Crippen LogP contribution in [0.25, 0.3) is 0 Å². The Labute approximate surface area is 411 Å². The lowest BCUT2D eigenvalue weighted by Gasteiger charge is -2.22. The maximum atomic E-state index is 12.4. The van der Waals surface area contributed by atoms with Gasteiger partial charge in [0.2, 0.25) is 5.91 Å². The third-order valence-electron chi connectivity index (χ3n) is 13.4. The highest BCUT2D eigenvalue weighted by Gasteiger charge is 2.20. The third kappa shape index (κ3) is 51.5. The van der Waals surface area contributed by atoms with Gasteiger partial charge in [-0.25, -0.2) is 0 Å². The van der Waals surface area contributed by atoms with Crippen LogP contribution in [0.5, 0.6) is 0 Å². The zero-order valence-corrected chi connectivity index (χ0v) is 44.2. The Bertz CT molecular complexity index is 1070. The maximum absolute atomic E-state index is 12.4. The fraction of sp³-hybridized carbons (Fsp3) is 0.867. The molecule has 6 nitrogen and oxygen atoms in total. The second kappa shape index (κ2) is 55.7. The van der Waals surface area contributed by atoms with Gasteiger partial charge in [0.05, 0.1) is 25.4 Å². The summed E-state index contributed by atoms with van der Waals surface area (Å²) in [4.78, 5) is 24.5. The molecule has 2 unspecified atom stereocenters. The van der Waals surface area contributed by atoms with Gasteiger partial charge in [-0.3, -0.25) is 9.59 Å². The summed E-state index contributed by atoms with van der Waals surface area (Å²) in [7, 11) is 0. The Morgan fingerprint density at radius 2 is 0.758 bits per heavy atom. The van der Waals surface area contributed by atoms with Crippen molar-refractivity contribution in [2.45, 2.75) is 321 Å². The van der Waals surface area contributed by atoms with Crippen molar-refractivity contribution < 1.29 is 24.5 Å². The van der Waals surface area contributed by atoms with Crippen LogP contribution in [0.4, 0.5) is 0 Å². The summed E-state index contributed by atoms with van der Waals surface area (Å²) < 4.78 is 5.47. The second-order valence-corrected chi connectivity index (χ2v) is 20.0. The highest BCUT2D eigenvalue weighted by atomic mass is 16.5. The van der Waals surface area contributed by atoms with E-state index in [0.717, 1.165) is 57.8 Å². The van der Waals surface area contributed by atoms with E-state index in [1.165, 1.54) is 218 Å². The molecule has 6 heteroatoms. The van der Waals surface area contributed by atoms with Gasteiger partial charge in [-0.05, 0) is 83.5 Å². The monoisotopic (exact) mass is 928 g/mol. The van der Waals surface area contributed by atoms with Crippen LogP contribution in [-0.4, -0.2) is 47.4 Å². The average molecular weight is 929 g/mol. The number of carbonyl (C=O) groups excluding carboxylic acids is 2. The van der Waals surface area contributed by atoms with Crippen LogP contribution in [0, 0.1) is 0 Å². The van der Waals surface area contributed by atoms with Crippen molar-refractivity contribution in [1.82, 2.24) is 5.32 Å². The van der Waals surface area contributed by atoms with E-state index in [2.05, 4.69) is 55.6 Å². The van der Waals surface area contributed by atoms with Crippen LogP contribution in [0.15, 0.2) is 36.5 Å².